The predicted molar refractivity (Wildman–Crippen MR) is 79.1 cm³/mol. The van der Waals surface area contributed by atoms with Gasteiger partial charge in [0.25, 0.3) is 5.91 Å². The molecule has 0 radical (unpaired) electrons. The summed E-state index contributed by atoms with van der Waals surface area (Å²) in [6.45, 7) is 2.07. The van der Waals surface area contributed by atoms with Crippen LogP contribution in [0.25, 0.3) is 0 Å². The maximum Gasteiger partial charge on any atom is 0.251 e. The summed E-state index contributed by atoms with van der Waals surface area (Å²) in [4.78, 5) is 16.5. The van der Waals surface area contributed by atoms with Crippen molar-refractivity contribution in [2.24, 2.45) is 0 Å². The zero-order valence-corrected chi connectivity index (χ0v) is 12.7. The van der Waals surface area contributed by atoms with Gasteiger partial charge in [0.05, 0.1) is 12.1 Å². The van der Waals surface area contributed by atoms with Crippen molar-refractivity contribution in [3.63, 3.8) is 0 Å². The first kappa shape index (κ1) is 15.3. The number of aromatic nitrogens is 1. The summed E-state index contributed by atoms with van der Waals surface area (Å²) in [5, 5.41) is 3.41. The summed E-state index contributed by atoms with van der Waals surface area (Å²) in [6, 6.07) is 3.53. The van der Waals surface area contributed by atoms with Crippen LogP contribution in [-0.4, -0.2) is 30.1 Å². The van der Waals surface area contributed by atoms with E-state index in [0.717, 1.165) is 37.8 Å². The molecule has 1 aromatic heterocycles. The van der Waals surface area contributed by atoms with E-state index in [4.69, 9.17) is 16.3 Å². The predicted octanol–water partition coefficient (Wildman–Crippen LogP) is 2.98. The van der Waals surface area contributed by atoms with Gasteiger partial charge in [0, 0.05) is 18.4 Å². The summed E-state index contributed by atoms with van der Waals surface area (Å²) in [6.07, 6.45) is 4.96. The number of hydrogen-bond acceptors (Lipinski definition) is 3. The number of nitrogens with zero attached hydrogens (tertiary/aromatic N) is 1. The number of ether oxygens (including phenoxy) is 1. The van der Waals surface area contributed by atoms with Gasteiger partial charge in [0.2, 0.25) is 0 Å². The molecule has 4 nitrogen and oxygen atoms in total. The third-order valence-corrected chi connectivity index (χ3v) is 3.88. The molecule has 1 amide bonds. The van der Waals surface area contributed by atoms with E-state index in [1.807, 2.05) is 6.07 Å². The van der Waals surface area contributed by atoms with Gasteiger partial charge in [0.1, 0.15) is 5.15 Å². The van der Waals surface area contributed by atoms with Crippen LogP contribution in [-0.2, 0) is 11.2 Å². The molecule has 1 saturated carbocycles. The Hall–Kier alpha value is -1.13. The number of pyridine rings is 1. The molecule has 1 aliphatic rings. The lowest BCUT2D eigenvalue weighted by atomic mass is 10.1. The molecule has 1 aliphatic carbocycles. The highest BCUT2D eigenvalue weighted by Crippen LogP contribution is 2.22. The molecule has 0 bridgehead atoms. The summed E-state index contributed by atoms with van der Waals surface area (Å²) in [7, 11) is 1.69. The van der Waals surface area contributed by atoms with Crippen molar-refractivity contribution in [2.75, 3.05) is 7.11 Å². The zero-order valence-electron chi connectivity index (χ0n) is 12.0. The Balaban J connectivity index is 2.08. The Labute approximate surface area is 124 Å². The van der Waals surface area contributed by atoms with Crippen LogP contribution in [0.3, 0.4) is 0 Å². The SMILES string of the molecule is CCCc1cc(C(=O)NC2CCCC2OC)cc(Cl)n1. The van der Waals surface area contributed by atoms with Gasteiger partial charge in [-0.05, 0) is 37.8 Å². The molecule has 2 unspecified atom stereocenters. The number of hydrogen-bond donors (Lipinski definition) is 1. The van der Waals surface area contributed by atoms with E-state index < -0.39 is 0 Å². The molecule has 20 heavy (non-hydrogen) atoms. The maximum absolute atomic E-state index is 12.3. The van der Waals surface area contributed by atoms with Gasteiger partial charge in [-0.2, -0.15) is 0 Å². The number of rotatable bonds is 5. The average Bonchev–Trinajstić information content (AvgIpc) is 2.85. The highest BCUT2D eigenvalue weighted by Gasteiger charge is 2.28. The fourth-order valence-corrected chi connectivity index (χ4v) is 2.92. The Morgan fingerprint density at radius 1 is 1.50 bits per heavy atom. The molecule has 2 rings (SSSR count). The Morgan fingerprint density at radius 2 is 2.30 bits per heavy atom. The van der Waals surface area contributed by atoms with Crippen molar-refractivity contribution >= 4 is 17.5 Å². The van der Waals surface area contributed by atoms with E-state index in [1.54, 1.807) is 13.2 Å². The van der Waals surface area contributed by atoms with Gasteiger partial charge in [-0.3, -0.25) is 4.79 Å². The molecule has 0 saturated heterocycles. The minimum absolute atomic E-state index is 0.0917. The third kappa shape index (κ3) is 3.70. The van der Waals surface area contributed by atoms with Crippen molar-refractivity contribution < 1.29 is 9.53 Å². The first-order chi connectivity index (χ1) is 9.63. The highest BCUT2D eigenvalue weighted by molar-refractivity contribution is 6.29. The van der Waals surface area contributed by atoms with Crippen LogP contribution in [0.5, 0.6) is 0 Å². The monoisotopic (exact) mass is 296 g/mol. The van der Waals surface area contributed by atoms with E-state index >= 15 is 0 Å². The van der Waals surface area contributed by atoms with Crippen LogP contribution < -0.4 is 5.32 Å². The van der Waals surface area contributed by atoms with Gasteiger partial charge >= 0.3 is 0 Å². The fourth-order valence-electron chi connectivity index (χ4n) is 2.69. The summed E-state index contributed by atoms with van der Waals surface area (Å²) >= 11 is 5.99. The molecule has 2 atom stereocenters. The fraction of sp³-hybridized carbons (Fsp3) is 0.600. The first-order valence-corrected chi connectivity index (χ1v) is 7.52. The molecule has 0 aromatic carbocycles. The molecule has 1 N–H and O–H groups in total. The van der Waals surface area contributed by atoms with Crippen LogP contribution in [0.1, 0.15) is 48.7 Å². The summed E-state index contributed by atoms with van der Waals surface area (Å²) in [5.74, 6) is -0.0967. The Kier molecular flexibility index (Phi) is 5.38. The van der Waals surface area contributed by atoms with Crippen molar-refractivity contribution in [3.8, 4) is 0 Å². The van der Waals surface area contributed by atoms with Crippen LogP contribution in [0.4, 0.5) is 0 Å². The lowest BCUT2D eigenvalue weighted by Crippen LogP contribution is -2.40. The molecule has 0 aliphatic heterocycles. The molecule has 0 spiro atoms. The molecular formula is C15H21ClN2O2. The van der Waals surface area contributed by atoms with Gasteiger partial charge in [0.15, 0.2) is 0 Å². The zero-order chi connectivity index (χ0) is 14.5. The van der Waals surface area contributed by atoms with Gasteiger partial charge in [-0.15, -0.1) is 0 Å². The van der Waals surface area contributed by atoms with E-state index in [2.05, 4.69) is 17.2 Å². The van der Waals surface area contributed by atoms with Crippen molar-refractivity contribution in [1.82, 2.24) is 10.3 Å². The van der Waals surface area contributed by atoms with Gasteiger partial charge < -0.3 is 10.1 Å². The van der Waals surface area contributed by atoms with Crippen molar-refractivity contribution in [1.29, 1.82) is 0 Å². The minimum atomic E-state index is -0.0967. The van der Waals surface area contributed by atoms with Crippen LogP contribution in [0.2, 0.25) is 5.15 Å². The third-order valence-electron chi connectivity index (χ3n) is 3.69. The Morgan fingerprint density at radius 3 is 3.00 bits per heavy atom. The lowest BCUT2D eigenvalue weighted by molar-refractivity contribution is 0.0722. The molecular weight excluding hydrogens is 276 g/mol. The smallest absolute Gasteiger partial charge is 0.251 e. The molecule has 5 heteroatoms. The average molecular weight is 297 g/mol. The first-order valence-electron chi connectivity index (χ1n) is 7.14. The van der Waals surface area contributed by atoms with Gasteiger partial charge in [-0.1, -0.05) is 24.9 Å². The van der Waals surface area contributed by atoms with Crippen LogP contribution in [0.15, 0.2) is 12.1 Å². The molecule has 1 aromatic rings. The largest absolute Gasteiger partial charge is 0.379 e. The second-order valence-corrected chi connectivity index (χ2v) is 5.59. The topological polar surface area (TPSA) is 51.2 Å². The Bertz CT molecular complexity index is 479. The van der Waals surface area contributed by atoms with E-state index in [1.165, 1.54) is 0 Å². The van der Waals surface area contributed by atoms with Crippen LogP contribution in [0, 0.1) is 0 Å². The van der Waals surface area contributed by atoms with E-state index in [-0.39, 0.29) is 18.1 Å². The maximum atomic E-state index is 12.3. The number of carbonyl (C=O) groups excluding carboxylic acids is 1. The number of halogens is 1. The standard InChI is InChI=1S/C15H21ClN2O2/c1-3-5-11-8-10(9-14(16)17-11)15(19)18-12-6-4-7-13(12)20-2/h8-9,12-13H,3-7H2,1-2H3,(H,18,19). The summed E-state index contributed by atoms with van der Waals surface area (Å²) in [5.41, 5.74) is 1.44. The van der Waals surface area contributed by atoms with Crippen molar-refractivity contribution in [2.45, 2.75) is 51.2 Å². The lowest BCUT2D eigenvalue weighted by Gasteiger charge is -2.19. The van der Waals surface area contributed by atoms with Crippen molar-refractivity contribution in [3.05, 3.63) is 28.5 Å². The van der Waals surface area contributed by atoms with E-state index in [0.29, 0.717) is 10.7 Å². The van der Waals surface area contributed by atoms with Gasteiger partial charge in [-0.25, -0.2) is 4.98 Å². The number of carbonyl (C=O) groups is 1. The second-order valence-electron chi connectivity index (χ2n) is 5.20. The molecule has 1 heterocycles. The number of nitrogens with one attached hydrogen (secondary N) is 1. The highest BCUT2D eigenvalue weighted by atomic mass is 35.5. The van der Waals surface area contributed by atoms with Crippen LogP contribution >= 0.6 is 11.6 Å². The normalized spacial score (nSPS) is 21.9. The second kappa shape index (κ2) is 7.04. The molecule has 1 fully saturated rings. The summed E-state index contributed by atoms with van der Waals surface area (Å²) < 4.78 is 5.39. The number of methoxy groups -OCH3 is 1. The van der Waals surface area contributed by atoms with E-state index in [9.17, 15) is 4.79 Å². The molecule has 110 valence electrons. The minimum Gasteiger partial charge on any atom is -0.379 e. The number of aryl methyl sites for hydroxylation is 1. The number of amides is 1. The quantitative estimate of drug-likeness (QED) is 0.850.